The normalized spacial score (nSPS) is 17.6. The number of likely N-dealkylation sites (tertiary alicyclic amines) is 1. The first-order valence-corrected chi connectivity index (χ1v) is 9.92. The highest BCUT2D eigenvalue weighted by Gasteiger charge is 2.23. The number of halogens is 1. The molecule has 0 aliphatic carbocycles. The molecule has 1 unspecified atom stereocenters. The van der Waals surface area contributed by atoms with E-state index in [4.69, 9.17) is 0 Å². The van der Waals surface area contributed by atoms with Crippen LogP contribution in [0.3, 0.4) is 0 Å². The minimum absolute atomic E-state index is 0.209. The van der Waals surface area contributed by atoms with Gasteiger partial charge in [-0.1, -0.05) is 12.1 Å². The number of benzene rings is 1. The number of amides is 1. The second-order valence-electron chi connectivity index (χ2n) is 6.54. The number of thioether (sulfide) groups is 1. The highest BCUT2D eigenvalue weighted by Crippen LogP contribution is 2.20. The van der Waals surface area contributed by atoms with Crippen LogP contribution in [0.15, 0.2) is 43.0 Å². The van der Waals surface area contributed by atoms with Gasteiger partial charge >= 0.3 is 0 Å². The molecule has 25 heavy (non-hydrogen) atoms. The molecular formula is C19H24FN3OS. The van der Waals surface area contributed by atoms with Crippen LogP contribution in [0, 0.1) is 11.7 Å². The Morgan fingerprint density at radius 3 is 2.92 bits per heavy atom. The number of imidazole rings is 1. The second kappa shape index (κ2) is 9.04. The lowest BCUT2D eigenvalue weighted by Gasteiger charge is -2.33. The summed E-state index contributed by atoms with van der Waals surface area (Å²) in [6.07, 6.45) is 8.43. The van der Waals surface area contributed by atoms with Crippen molar-refractivity contribution in [3.8, 4) is 0 Å². The van der Waals surface area contributed by atoms with Crippen molar-refractivity contribution in [1.29, 1.82) is 0 Å². The van der Waals surface area contributed by atoms with Crippen molar-refractivity contribution in [3.63, 3.8) is 0 Å². The van der Waals surface area contributed by atoms with E-state index < -0.39 is 0 Å². The van der Waals surface area contributed by atoms with Gasteiger partial charge in [0.05, 0.1) is 6.33 Å². The van der Waals surface area contributed by atoms with Gasteiger partial charge in [-0.3, -0.25) is 4.79 Å². The Kier molecular flexibility index (Phi) is 6.50. The Bertz CT molecular complexity index is 660. The van der Waals surface area contributed by atoms with Crippen LogP contribution in [0.2, 0.25) is 0 Å². The van der Waals surface area contributed by atoms with Gasteiger partial charge in [0.2, 0.25) is 5.91 Å². The molecule has 134 valence electrons. The van der Waals surface area contributed by atoms with E-state index >= 15 is 0 Å². The molecule has 0 spiro atoms. The highest BCUT2D eigenvalue weighted by atomic mass is 32.2. The summed E-state index contributed by atoms with van der Waals surface area (Å²) < 4.78 is 15.0. The molecular weight excluding hydrogens is 337 g/mol. The number of carbonyl (C=O) groups excluding carboxylic acids is 1. The molecule has 1 aromatic heterocycles. The van der Waals surface area contributed by atoms with E-state index in [1.165, 1.54) is 18.6 Å². The molecule has 1 fully saturated rings. The van der Waals surface area contributed by atoms with Crippen LogP contribution in [-0.2, 0) is 17.1 Å². The molecule has 1 amide bonds. The molecule has 1 aliphatic rings. The van der Waals surface area contributed by atoms with E-state index in [9.17, 15) is 9.18 Å². The van der Waals surface area contributed by atoms with Crippen LogP contribution >= 0.6 is 11.8 Å². The molecule has 1 aromatic carbocycles. The summed E-state index contributed by atoms with van der Waals surface area (Å²) in [5, 5.41) is 0. The summed E-state index contributed by atoms with van der Waals surface area (Å²) in [6.45, 7) is 2.66. The maximum absolute atomic E-state index is 12.9. The van der Waals surface area contributed by atoms with Gasteiger partial charge < -0.3 is 9.47 Å². The minimum Gasteiger partial charge on any atom is -0.342 e. The largest absolute Gasteiger partial charge is 0.342 e. The predicted molar refractivity (Wildman–Crippen MR) is 98.7 cm³/mol. The molecule has 0 N–H and O–H groups in total. The van der Waals surface area contributed by atoms with Crippen LogP contribution in [0.25, 0.3) is 0 Å². The maximum atomic E-state index is 12.9. The summed E-state index contributed by atoms with van der Waals surface area (Å²) in [5.41, 5.74) is 1.09. The Morgan fingerprint density at radius 1 is 1.32 bits per heavy atom. The highest BCUT2D eigenvalue weighted by molar-refractivity contribution is 7.98. The molecule has 4 nitrogen and oxygen atoms in total. The van der Waals surface area contributed by atoms with E-state index in [1.807, 2.05) is 17.4 Å². The van der Waals surface area contributed by atoms with Crippen molar-refractivity contribution >= 4 is 17.7 Å². The van der Waals surface area contributed by atoms with E-state index in [0.717, 1.165) is 43.1 Å². The lowest BCUT2D eigenvalue weighted by molar-refractivity contribution is -0.132. The van der Waals surface area contributed by atoms with Gasteiger partial charge in [0, 0.05) is 50.0 Å². The Hall–Kier alpha value is -1.82. The minimum atomic E-state index is -0.209. The molecule has 0 saturated carbocycles. The van der Waals surface area contributed by atoms with Gasteiger partial charge in [-0.05, 0) is 36.5 Å². The standard InChI is InChI=1S/C19H24FN3OS/c20-18-5-3-16(4-6-18)14-25-11-7-19(24)23-9-1-2-17(13-23)12-22-10-8-21-15-22/h3-6,8,10,15,17H,1-2,7,9,11-14H2. The third kappa shape index (κ3) is 5.59. The third-order valence-electron chi connectivity index (χ3n) is 4.54. The smallest absolute Gasteiger partial charge is 0.223 e. The number of carbonyl (C=O) groups is 1. The molecule has 3 rings (SSSR count). The average molecular weight is 361 g/mol. The average Bonchev–Trinajstić information content (AvgIpc) is 3.13. The topological polar surface area (TPSA) is 38.1 Å². The molecule has 2 heterocycles. The van der Waals surface area contributed by atoms with Crippen LogP contribution in [0.1, 0.15) is 24.8 Å². The molecule has 1 atom stereocenters. The molecule has 1 saturated heterocycles. The zero-order valence-corrected chi connectivity index (χ0v) is 15.1. The van der Waals surface area contributed by atoms with Crippen molar-refractivity contribution < 1.29 is 9.18 Å². The Balaban J connectivity index is 1.37. The maximum Gasteiger partial charge on any atom is 0.223 e. The Labute approximate surface area is 152 Å². The van der Waals surface area contributed by atoms with E-state index in [1.54, 1.807) is 30.1 Å². The number of hydrogen-bond donors (Lipinski definition) is 0. The zero-order valence-electron chi connectivity index (χ0n) is 14.3. The number of hydrogen-bond acceptors (Lipinski definition) is 3. The van der Waals surface area contributed by atoms with Gasteiger partial charge in [-0.15, -0.1) is 0 Å². The van der Waals surface area contributed by atoms with Gasteiger partial charge in [0.15, 0.2) is 0 Å². The van der Waals surface area contributed by atoms with Crippen molar-refractivity contribution in [1.82, 2.24) is 14.5 Å². The number of rotatable bonds is 7. The van der Waals surface area contributed by atoms with Gasteiger partial charge in [0.1, 0.15) is 5.82 Å². The van der Waals surface area contributed by atoms with E-state index in [2.05, 4.69) is 9.55 Å². The summed E-state index contributed by atoms with van der Waals surface area (Å²) in [4.78, 5) is 18.5. The SMILES string of the molecule is O=C(CCSCc1ccc(F)cc1)N1CCCC(Cn2ccnc2)C1. The quantitative estimate of drug-likeness (QED) is 0.708. The fraction of sp³-hybridized carbons (Fsp3) is 0.474. The molecule has 6 heteroatoms. The fourth-order valence-electron chi connectivity index (χ4n) is 3.22. The number of aromatic nitrogens is 2. The van der Waals surface area contributed by atoms with Crippen molar-refractivity contribution in [2.75, 3.05) is 18.8 Å². The summed E-state index contributed by atoms with van der Waals surface area (Å²) in [7, 11) is 0. The molecule has 0 bridgehead atoms. The Morgan fingerprint density at radius 2 is 2.16 bits per heavy atom. The van der Waals surface area contributed by atoms with Gasteiger partial charge in [0.25, 0.3) is 0 Å². The molecule has 1 aliphatic heterocycles. The van der Waals surface area contributed by atoms with E-state index in [0.29, 0.717) is 12.3 Å². The van der Waals surface area contributed by atoms with Crippen LogP contribution in [0.5, 0.6) is 0 Å². The van der Waals surface area contributed by atoms with Crippen molar-refractivity contribution in [2.24, 2.45) is 5.92 Å². The first kappa shape index (κ1) is 18.0. The monoisotopic (exact) mass is 361 g/mol. The molecule has 0 radical (unpaired) electrons. The van der Waals surface area contributed by atoms with E-state index in [-0.39, 0.29) is 11.7 Å². The predicted octanol–water partition coefficient (Wildman–Crippen LogP) is 3.58. The third-order valence-corrected chi connectivity index (χ3v) is 5.57. The summed E-state index contributed by atoms with van der Waals surface area (Å²) >= 11 is 1.73. The lowest BCUT2D eigenvalue weighted by atomic mass is 9.97. The zero-order chi connectivity index (χ0) is 17.5. The van der Waals surface area contributed by atoms with Crippen LogP contribution < -0.4 is 0 Å². The van der Waals surface area contributed by atoms with Crippen LogP contribution in [-0.4, -0.2) is 39.2 Å². The summed E-state index contributed by atoms with van der Waals surface area (Å²) in [5.74, 6) is 2.18. The lowest BCUT2D eigenvalue weighted by Crippen LogP contribution is -2.41. The van der Waals surface area contributed by atoms with Crippen molar-refractivity contribution in [3.05, 3.63) is 54.4 Å². The molecule has 2 aromatic rings. The summed E-state index contributed by atoms with van der Waals surface area (Å²) in [6, 6.07) is 6.56. The number of nitrogens with zero attached hydrogens (tertiary/aromatic N) is 3. The van der Waals surface area contributed by atoms with Gasteiger partial charge in [-0.25, -0.2) is 9.37 Å². The van der Waals surface area contributed by atoms with Crippen LogP contribution in [0.4, 0.5) is 4.39 Å². The fourth-order valence-corrected chi connectivity index (χ4v) is 4.11. The first-order valence-electron chi connectivity index (χ1n) is 8.76. The van der Waals surface area contributed by atoms with Gasteiger partial charge in [-0.2, -0.15) is 11.8 Å². The number of piperidine rings is 1. The second-order valence-corrected chi connectivity index (χ2v) is 7.64. The first-order chi connectivity index (χ1) is 12.2. The van der Waals surface area contributed by atoms with Crippen molar-refractivity contribution in [2.45, 2.75) is 31.6 Å².